The van der Waals surface area contributed by atoms with Crippen LogP contribution in [0.4, 0.5) is 0 Å². The third-order valence-electron chi connectivity index (χ3n) is 4.21. The molecular formula is C21H18N6OS. The molecule has 8 heteroatoms. The molecule has 0 atom stereocenters. The molecule has 144 valence electrons. The van der Waals surface area contributed by atoms with Gasteiger partial charge in [-0.2, -0.15) is 9.78 Å². The molecule has 1 aromatic heterocycles. The van der Waals surface area contributed by atoms with Gasteiger partial charge in [0.15, 0.2) is 0 Å². The molecule has 1 amide bonds. The van der Waals surface area contributed by atoms with Gasteiger partial charge >= 0.3 is 0 Å². The maximum absolute atomic E-state index is 12.1. The van der Waals surface area contributed by atoms with Crippen molar-refractivity contribution in [1.82, 2.24) is 25.6 Å². The Kier molecular flexibility index (Phi) is 5.62. The average Bonchev–Trinajstić information content (AvgIpc) is 3.20. The van der Waals surface area contributed by atoms with Crippen LogP contribution < -0.4 is 5.43 Å². The van der Waals surface area contributed by atoms with E-state index < -0.39 is 0 Å². The molecule has 0 radical (unpaired) electrons. The molecule has 3 aromatic carbocycles. The number of nitrogens with zero attached hydrogens (tertiary/aromatic N) is 5. The molecule has 7 nitrogen and oxygen atoms in total. The van der Waals surface area contributed by atoms with Crippen molar-refractivity contribution >= 4 is 34.7 Å². The quantitative estimate of drug-likeness (QED) is 0.304. The summed E-state index contributed by atoms with van der Waals surface area (Å²) in [5, 5.41) is 18.6. The van der Waals surface area contributed by atoms with E-state index in [-0.39, 0.29) is 11.7 Å². The second-order valence-electron chi connectivity index (χ2n) is 6.37. The van der Waals surface area contributed by atoms with Gasteiger partial charge < -0.3 is 0 Å². The van der Waals surface area contributed by atoms with E-state index in [4.69, 9.17) is 0 Å². The minimum Gasteiger partial charge on any atom is -0.272 e. The number of carbonyl (C=O) groups excluding carboxylic acids is 1. The Morgan fingerprint density at radius 1 is 1.14 bits per heavy atom. The molecule has 0 saturated carbocycles. The molecule has 4 rings (SSSR count). The van der Waals surface area contributed by atoms with Crippen molar-refractivity contribution in [2.75, 3.05) is 5.75 Å². The lowest BCUT2D eigenvalue weighted by Gasteiger charge is -2.07. The second-order valence-corrected chi connectivity index (χ2v) is 7.31. The smallest absolute Gasteiger partial charge is 0.250 e. The number of amides is 1. The van der Waals surface area contributed by atoms with Gasteiger partial charge in [-0.05, 0) is 34.4 Å². The summed E-state index contributed by atoms with van der Waals surface area (Å²) >= 11 is 1.25. The van der Waals surface area contributed by atoms with Crippen LogP contribution in [0.1, 0.15) is 11.1 Å². The number of aromatic nitrogens is 4. The van der Waals surface area contributed by atoms with E-state index in [1.165, 1.54) is 11.8 Å². The molecule has 0 aliphatic heterocycles. The van der Waals surface area contributed by atoms with E-state index >= 15 is 0 Å². The van der Waals surface area contributed by atoms with E-state index in [0.717, 1.165) is 27.6 Å². The molecule has 0 aliphatic carbocycles. The van der Waals surface area contributed by atoms with Crippen molar-refractivity contribution in [3.63, 3.8) is 0 Å². The number of benzene rings is 3. The minimum atomic E-state index is -0.230. The number of carbonyl (C=O) groups is 1. The highest BCUT2D eigenvalue weighted by molar-refractivity contribution is 7.99. The second kappa shape index (κ2) is 8.66. The molecule has 0 fully saturated rings. The largest absolute Gasteiger partial charge is 0.272 e. The van der Waals surface area contributed by atoms with Crippen LogP contribution in [0.5, 0.6) is 0 Å². The Labute approximate surface area is 171 Å². The Hall–Kier alpha value is -3.52. The van der Waals surface area contributed by atoms with Gasteiger partial charge in [0.05, 0.1) is 17.7 Å². The Morgan fingerprint density at radius 2 is 1.97 bits per heavy atom. The first-order valence-electron chi connectivity index (χ1n) is 8.98. The summed E-state index contributed by atoms with van der Waals surface area (Å²) in [5.74, 6) is -0.0811. The Bertz CT molecular complexity index is 1180. The molecular weight excluding hydrogens is 384 g/mol. The van der Waals surface area contributed by atoms with E-state index in [2.05, 4.69) is 26.1 Å². The Morgan fingerprint density at radius 3 is 2.86 bits per heavy atom. The van der Waals surface area contributed by atoms with Crippen molar-refractivity contribution in [1.29, 1.82) is 0 Å². The molecule has 0 saturated heterocycles. The van der Waals surface area contributed by atoms with Gasteiger partial charge in [0.1, 0.15) is 0 Å². The molecule has 1 heterocycles. The molecule has 0 spiro atoms. The lowest BCUT2D eigenvalue weighted by molar-refractivity contribution is -0.118. The first-order valence-corrected chi connectivity index (χ1v) is 9.97. The number of hydrazone groups is 1. The zero-order valence-electron chi connectivity index (χ0n) is 15.7. The van der Waals surface area contributed by atoms with Crippen LogP contribution >= 0.6 is 11.8 Å². The van der Waals surface area contributed by atoms with Crippen molar-refractivity contribution < 1.29 is 4.79 Å². The molecule has 0 bridgehead atoms. The fourth-order valence-electron chi connectivity index (χ4n) is 2.90. The summed E-state index contributed by atoms with van der Waals surface area (Å²) in [6.45, 7) is 2.01. The number of rotatable bonds is 6. The summed E-state index contributed by atoms with van der Waals surface area (Å²) in [6.07, 6.45) is 1.62. The first kappa shape index (κ1) is 18.8. The summed E-state index contributed by atoms with van der Waals surface area (Å²) in [7, 11) is 0. The minimum absolute atomic E-state index is 0.149. The SMILES string of the molecule is Cc1cccc(C=NNC(=O)CSc2nnnn2-c2cccc3ccccc23)c1. The summed E-state index contributed by atoms with van der Waals surface area (Å²) in [6, 6.07) is 21.8. The van der Waals surface area contributed by atoms with Gasteiger partial charge in [0.25, 0.3) is 5.91 Å². The molecule has 1 N–H and O–H groups in total. The number of aryl methyl sites for hydroxylation is 1. The van der Waals surface area contributed by atoms with Gasteiger partial charge in [-0.15, -0.1) is 5.10 Å². The highest BCUT2D eigenvalue weighted by Gasteiger charge is 2.13. The highest BCUT2D eigenvalue weighted by Crippen LogP contribution is 2.25. The molecule has 4 aromatic rings. The zero-order chi connectivity index (χ0) is 20.1. The molecule has 29 heavy (non-hydrogen) atoms. The van der Waals surface area contributed by atoms with Crippen LogP contribution in [-0.2, 0) is 4.79 Å². The maximum atomic E-state index is 12.1. The van der Waals surface area contributed by atoms with Gasteiger partial charge in [-0.1, -0.05) is 78.0 Å². The van der Waals surface area contributed by atoms with E-state index in [1.807, 2.05) is 73.7 Å². The van der Waals surface area contributed by atoms with Crippen LogP contribution in [0.15, 0.2) is 77.0 Å². The van der Waals surface area contributed by atoms with Crippen molar-refractivity contribution in [3.05, 3.63) is 77.9 Å². The van der Waals surface area contributed by atoms with Crippen LogP contribution in [0.25, 0.3) is 16.5 Å². The zero-order valence-corrected chi connectivity index (χ0v) is 16.5. The fraction of sp³-hybridized carbons (Fsp3) is 0.0952. The third-order valence-corrected chi connectivity index (χ3v) is 5.13. The number of nitrogens with one attached hydrogen (secondary N) is 1. The van der Waals surface area contributed by atoms with Crippen LogP contribution in [0.3, 0.4) is 0 Å². The van der Waals surface area contributed by atoms with E-state index in [1.54, 1.807) is 10.9 Å². The van der Waals surface area contributed by atoms with Crippen LogP contribution in [0, 0.1) is 6.92 Å². The van der Waals surface area contributed by atoms with Crippen molar-refractivity contribution in [3.8, 4) is 5.69 Å². The average molecular weight is 402 g/mol. The summed E-state index contributed by atoms with van der Waals surface area (Å²) in [4.78, 5) is 12.1. The lowest BCUT2D eigenvalue weighted by Crippen LogP contribution is -2.20. The van der Waals surface area contributed by atoms with Gasteiger partial charge in [0.2, 0.25) is 5.16 Å². The van der Waals surface area contributed by atoms with Crippen molar-refractivity contribution in [2.24, 2.45) is 5.10 Å². The topological polar surface area (TPSA) is 85.1 Å². The Balaban J connectivity index is 1.42. The highest BCUT2D eigenvalue weighted by atomic mass is 32.2. The predicted molar refractivity (Wildman–Crippen MR) is 114 cm³/mol. The standard InChI is InChI=1S/C21H18N6OS/c1-15-6-4-7-16(12-15)13-22-23-20(28)14-29-21-24-25-26-27(21)19-11-5-9-17-8-2-3-10-18(17)19/h2-13H,14H2,1H3,(H,23,28). The predicted octanol–water partition coefficient (Wildman–Crippen LogP) is 3.37. The third kappa shape index (κ3) is 4.49. The fourth-order valence-corrected chi connectivity index (χ4v) is 3.58. The van der Waals surface area contributed by atoms with Gasteiger partial charge in [-0.3, -0.25) is 4.79 Å². The first-order chi connectivity index (χ1) is 14.2. The normalized spacial score (nSPS) is 11.2. The summed E-state index contributed by atoms with van der Waals surface area (Å²) in [5.41, 5.74) is 5.47. The lowest BCUT2D eigenvalue weighted by atomic mass is 10.1. The number of thioether (sulfide) groups is 1. The van der Waals surface area contributed by atoms with Crippen LogP contribution in [0.2, 0.25) is 0 Å². The maximum Gasteiger partial charge on any atom is 0.250 e. The number of hydrogen-bond donors (Lipinski definition) is 1. The van der Waals surface area contributed by atoms with Crippen molar-refractivity contribution in [2.45, 2.75) is 12.1 Å². The van der Waals surface area contributed by atoms with E-state index in [0.29, 0.717) is 5.16 Å². The number of tetrazole rings is 1. The molecule has 0 unspecified atom stereocenters. The monoisotopic (exact) mass is 402 g/mol. The molecule has 0 aliphatic rings. The van der Waals surface area contributed by atoms with Crippen LogP contribution in [-0.4, -0.2) is 38.1 Å². The number of fused-ring (bicyclic) bond motifs is 1. The van der Waals surface area contributed by atoms with Gasteiger partial charge in [-0.25, -0.2) is 5.43 Å². The number of hydrogen-bond acceptors (Lipinski definition) is 6. The van der Waals surface area contributed by atoms with Gasteiger partial charge in [0, 0.05) is 5.39 Å². The van der Waals surface area contributed by atoms with E-state index in [9.17, 15) is 4.79 Å². The summed E-state index contributed by atoms with van der Waals surface area (Å²) < 4.78 is 1.65.